The van der Waals surface area contributed by atoms with E-state index >= 15 is 0 Å². The molecule has 1 unspecified atom stereocenters. The predicted molar refractivity (Wildman–Crippen MR) is 57.4 cm³/mol. The molecule has 17 heavy (non-hydrogen) atoms. The van der Waals surface area contributed by atoms with E-state index in [4.69, 9.17) is 20.4 Å². The molecule has 0 rings (SSSR count). The Morgan fingerprint density at radius 3 is 2.12 bits per heavy atom. The highest BCUT2D eigenvalue weighted by atomic mass is 16.4. The minimum atomic E-state index is -1.51. The average molecular weight is 250 g/mol. The van der Waals surface area contributed by atoms with Crippen LogP contribution in [0.15, 0.2) is 0 Å². The fourth-order valence-electron chi connectivity index (χ4n) is 1.11. The maximum absolute atomic E-state index is 11.4. The van der Waals surface area contributed by atoms with E-state index in [0.717, 1.165) is 0 Å². The Balaban J connectivity index is 3.92. The lowest BCUT2D eigenvalue weighted by Crippen LogP contribution is -2.44. The highest BCUT2D eigenvalue weighted by Crippen LogP contribution is 1.92. The van der Waals surface area contributed by atoms with Crippen molar-refractivity contribution in [3.05, 3.63) is 0 Å². The van der Waals surface area contributed by atoms with E-state index in [-0.39, 0.29) is 39.3 Å². The zero-order valence-corrected chi connectivity index (χ0v) is 9.37. The van der Waals surface area contributed by atoms with Crippen LogP contribution in [0.5, 0.6) is 0 Å². The number of amides is 2. The standard InChI is InChI=1S/C9H18N2O6/c12-5-3-11(4-6-13)9(17)10-2-1-7(14)8(15)16/h7,12-14H,1-6H2,(H,10,17)(H,15,16). The number of aliphatic hydroxyl groups is 3. The van der Waals surface area contributed by atoms with Crippen LogP contribution in [-0.2, 0) is 4.79 Å². The highest BCUT2D eigenvalue weighted by Gasteiger charge is 2.15. The summed E-state index contributed by atoms with van der Waals surface area (Å²) in [5.74, 6) is -1.35. The first-order valence-corrected chi connectivity index (χ1v) is 5.18. The van der Waals surface area contributed by atoms with E-state index in [1.807, 2.05) is 0 Å². The summed E-state index contributed by atoms with van der Waals surface area (Å²) in [5.41, 5.74) is 0. The number of nitrogens with one attached hydrogen (secondary N) is 1. The number of hydrogen-bond acceptors (Lipinski definition) is 5. The molecule has 8 heteroatoms. The Morgan fingerprint density at radius 1 is 1.18 bits per heavy atom. The highest BCUT2D eigenvalue weighted by molar-refractivity contribution is 5.74. The second-order valence-electron chi connectivity index (χ2n) is 3.31. The van der Waals surface area contributed by atoms with Crippen LogP contribution < -0.4 is 5.32 Å². The van der Waals surface area contributed by atoms with Gasteiger partial charge < -0.3 is 30.6 Å². The smallest absolute Gasteiger partial charge is 0.332 e. The number of carbonyl (C=O) groups is 2. The van der Waals surface area contributed by atoms with Crippen molar-refractivity contribution in [3.63, 3.8) is 0 Å². The molecule has 0 aliphatic heterocycles. The number of aliphatic hydroxyl groups excluding tert-OH is 3. The van der Waals surface area contributed by atoms with E-state index in [1.54, 1.807) is 0 Å². The van der Waals surface area contributed by atoms with Crippen molar-refractivity contribution >= 4 is 12.0 Å². The average Bonchev–Trinajstić information content (AvgIpc) is 2.28. The van der Waals surface area contributed by atoms with Gasteiger partial charge in [0, 0.05) is 26.1 Å². The predicted octanol–water partition coefficient (Wildman–Crippen LogP) is -2.18. The largest absolute Gasteiger partial charge is 0.479 e. The van der Waals surface area contributed by atoms with Crippen molar-refractivity contribution in [1.29, 1.82) is 0 Å². The Labute approximate surface area is 98.5 Å². The topological polar surface area (TPSA) is 130 Å². The molecule has 5 N–H and O–H groups in total. The molecule has 0 saturated heterocycles. The molecular weight excluding hydrogens is 232 g/mol. The minimum absolute atomic E-state index is 0.000340. The van der Waals surface area contributed by atoms with Crippen molar-refractivity contribution in [1.82, 2.24) is 10.2 Å². The van der Waals surface area contributed by atoms with Crippen LogP contribution >= 0.6 is 0 Å². The number of carboxylic acids is 1. The van der Waals surface area contributed by atoms with E-state index < -0.39 is 18.1 Å². The van der Waals surface area contributed by atoms with Crippen LogP contribution in [0, 0.1) is 0 Å². The third-order valence-corrected chi connectivity index (χ3v) is 2.01. The number of aliphatic carboxylic acids is 1. The second-order valence-corrected chi connectivity index (χ2v) is 3.31. The molecule has 0 aromatic carbocycles. The molecule has 0 bridgehead atoms. The van der Waals surface area contributed by atoms with Crippen molar-refractivity contribution in [2.24, 2.45) is 0 Å². The van der Waals surface area contributed by atoms with Gasteiger partial charge in [0.1, 0.15) is 0 Å². The number of nitrogens with zero attached hydrogens (tertiary/aromatic N) is 1. The lowest BCUT2D eigenvalue weighted by atomic mass is 10.2. The first-order valence-electron chi connectivity index (χ1n) is 5.18. The fraction of sp³-hybridized carbons (Fsp3) is 0.778. The van der Waals surface area contributed by atoms with E-state index in [9.17, 15) is 9.59 Å². The first-order chi connectivity index (χ1) is 8.02. The molecule has 0 aliphatic carbocycles. The number of rotatable bonds is 8. The van der Waals surface area contributed by atoms with Gasteiger partial charge in [-0.2, -0.15) is 0 Å². The van der Waals surface area contributed by atoms with Gasteiger partial charge >= 0.3 is 12.0 Å². The van der Waals surface area contributed by atoms with Crippen LogP contribution in [0.3, 0.4) is 0 Å². The summed E-state index contributed by atoms with van der Waals surface area (Å²) in [7, 11) is 0. The van der Waals surface area contributed by atoms with Gasteiger partial charge in [-0.3, -0.25) is 0 Å². The maximum atomic E-state index is 11.4. The zero-order chi connectivity index (χ0) is 13.3. The zero-order valence-electron chi connectivity index (χ0n) is 9.37. The second kappa shape index (κ2) is 8.74. The molecular formula is C9H18N2O6. The third-order valence-electron chi connectivity index (χ3n) is 2.01. The van der Waals surface area contributed by atoms with E-state index in [0.29, 0.717) is 0 Å². The maximum Gasteiger partial charge on any atom is 0.332 e. The Kier molecular flexibility index (Phi) is 8.03. The van der Waals surface area contributed by atoms with Gasteiger partial charge in [0.15, 0.2) is 6.10 Å². The number of urea groups is 1. The normalized spacial score (nSPS) is 11.9. The van der Waals surface area contributed by atoms with Gasteiger partial charge in [-0.1, -0.05) is 0 Å². The number of carboxylic acid groups (broad SMARTS) is 1. The van der Waals surface area contributed by atoms with Gasteiger partial charge in [-0.25, -0.2) is 9.59 Å². The first kappa shape index (κ1) is 15.6. The molecule has 0 aliphatic rings. The van der Waals surface area contributed by atoms with Gasteiger partial charge in [0.05, 0.1) is 13.2 Å². The molecule has 8 nitrogen and oxygen atoms in total. The van der Waals surface area contributed by atoms with Gasteiger partial charge in [0.25, 0.3) is 0 Å². The Bertz CT molecular complexity index is 242. The summed E-state index contributed by atoms with van der Waals surface area (Å²) in [6.45, 7) is -0.308. The summed E-state index contributed by atoms with van der Waals surface area (Å²) >= 11 is 0. The Hall–Kier alpha value is -1.38. The lowest BCUT2D eigenvalue weighted by molar-refractivity contribution is -0.146. The van der Waals surface area contributed by atoms with E-state index in [1.165, 1.54) is 4.90 Å². The molecule has 0 spiro atoms. The monoisotopic (exact) mass is 250 g/mol. The summed E-state index contributed by atoms with van der Waals surface area (Å²) in [4.78, 5) is 22.9. The molecule has 0 radical (unpaired) electrons. The lowest BCUT2D eigenvalue weighted by Gasteiger charge is -2.21. The molecule has 100 valence electrons. The minimum Gasteiger partial charge on any atom is -0.479 e. The third kappa shape index (κ3) is 6.72. The summed E-state index contributed by atoms with van der Waals surface area (Å²) in [5, 5.41) is 37.1. The fourth-order valence-corrected chi connectivity index (χ4v) is 1.11. The van der Waals surface area contributed by atoms with Crippen LogP contribution in [0.4, 0.5) is 4.79 Å². The molecule has 1 atom stereocenters. The molecule has 0 aromatic heterocycles. The quantitative estimate of drug-likeness (QED) is 0.333. The van der Waals surface area contributed by atoms with Crippen molar-refractivity contribution in [2.45, 2.75) is 12.5 Å². The molecule has 2 amide bonds. The van der Waals surface area contributed by atoms with Crippen LogP contribution in [-0.4, -0.2) is 76.3 Å². The number of carbonyl (C=O) groups excluding carboxylic acids is 1. The van der Waals surface area contributed by atoms with Crippen molar-refractivity contribution < 1.29 is 30.0 Å². The Morgan fingerprint density at radius 2 is 1.71 bits per heavy atom. The molecule has 0 fully saturated rings. The van der Waals surface area contributed by atoms with Gasteiger partial charge in [-0.05, 0) is 0 Å². The van der Waals surface area contributed by atoms with E-state index in [2.05, 4.69) is 5.32 Å². The number of hydrogen-bond donors (Lipinski definition) is 5. The van der Waals surface area contributed by atoms with Crippen LogP contribution in [0.2, 0.25) is 0 Å². The summed E-state index contributed by atoms with van der Waals surface area (Å²) in [6, 6.07) is -0.523. The molecule has 0 saturated carbocycles. The molecule has 0 heterocycles. The molecule has 0 aromatic rings. The summed E-state index contributed by atoms with van der Waals surface area (Å²) in [6.07, 6.45) is -1.62. The SMILES string of the molecule is O=C(O)C(O)CCNC(=O)N(CCO)CCO. The van der Waals surface area contributed by atoms with Crippen molar-refractivity contribution in [3.8, 4) is 0 Å². The van der Waals surface area contributed by atoms with Crippen molar-refractivity contribution in [2.75, 3.05) is 32.8 Å². The van der Waals surface area contributed by atoms with Crippen LogP contribution in [0.25, 0.3) is 0 Å². The van der Waals surface area contributed by atoms with Crippen LogP contribution in [0.1, 0.15) is 6.42 Å². The van der Waals surface area contributed by atoms with Gasteiger partial charge in [0.2, 0.25) is 0 Å². The van der Waals surface area contributed by atoms with Gasteiger partial charge in [-0.15, -0.1) is 0 Å². The summed E-state index contributed by atoms with van der Waals surface area (Å²) < 4.78 is 0.